The lowest BCUT2D eigenvalue weighted by Crippen LogP contribution is -2.99. The number of ketones is 1. The van der Waals surface area contributed by atoms with Gasteiger partial charge in [0.1, 0.15) is 11.3 Å². The summed E-state index contributed by atoms with van der Waals surface area (Å²) in [5.74, 6) is -2.26. The van der Waals surface area contributed by atoms with E-state index >= 15 is 0 Å². The highest BCUT2D eigenvalue weighted by Gasteiger charge is 2.67. The standard InChI is InChI=1S/C25H19N3O4/c1-32-24(31)25-20(22(29)23(30)28(25)17-12-6-3-7-13-17)21(16-10-4-2-5-11-16)26-18-14-8-9-15-19(18)27-25/h2-15,26-27H,1H3/p+1. The maximum Gasteiger partial charge on any atom is 0.396 e. The number of hydrogen-bond acceptors (Lipinski definition) is 5. The topological polar surface area (TPSA) is 92.3 Å². The summed E-state index contributed by atoms with van der Waals surface area (Å²) in [4.78, 5) is 41.7. The molecule has 1 amide bonds. The van der Waals surface area contributed by atoms with Gasteiger partial charge >= 0.3 is 17.5 Å². The molecule has 32 heavy (non-hydrogen) atoms. The van der Waals surface area contributed by atoms with Gasteiger partial charge in [-0.05, 0) is 23.8 Å². The lowest BCUT2D eigenvalue weighted by atomic mass is 9.93. The summed E-state index contributed by atoms with van der Waals surface area (Å²) in [5.41, 5.74) is 1.16. The number of para-hydroxylation sites is 3. The maximum absolute atomic E-state index is 13.5. The van der Waals surface area contributed by atoms with E-state index in [1.54, 1.807) is 35.6 Å². The summed E-state index contributed by atoms with van der Waals surface area (Å²) in [6.07, 6.45) is 0. The van der Waals surface area contributed by atoms with Crippen LogP contribution in [0.5, 0.6) is 0 Å². The molecular formula is C25H20N3O4+. The number of nitrogens with zero attached hydrogens (tertiary/aromatic N) is 1. The van der Waals surface area contributed by atoms with Crippen molar-refractivity contribution in [1.29, 1.82) is 0 Å². The fourth-order valence-electron chi connectivity index (χ4n) is 4.38. The molecule has 2 heterocycles. The van der Waals surface area contributed by atoms with Gasteiger partial charge in [-0.1, -0.05) is 60.7 Å². The SMILES string of the molecule is COC(=O)C12[NH2+]c3ccccc3NC(c3ccccc3)=C1C(=O)C(=O)N2c1ccccc1. The molecule has 5 rings (SSSR count). The molecule has 0 bridgehead atoms. The number of quaternary nitrogens is 1. The first kappa shape index (κ1) is 19.7. The second-order valence-corrected chi connectivity index (χ2v) is 7.54. The van der Waals surface area contributed by atoms with Crippen LogP contribution in [0, 0.1) is 0 Å². The highest BCUT2D eigenvalue weighted by molar-refractivity contribution is 6.54. The number of benzene rings is 3. The van der Waals surface area contributed by atoms with Crippen LogP contribution in [-0.4, -0.2) is 30.4 Å². The van der Waals surface area contributed by atoms with Crippen molar-refractivity contribution in [3.05, 3.63) is 96.1 Å². The van der Waals surface area contributed by atoms with E-state index in [1.165, 1.54) is 12.0 Å². The van der Waals surface area contributed by atoms with Gasteiger partial charge in [0, 0.05) is 6.07 Å². The van der Waals surface area contributed by atoms with Crippen molar-refractivity contribution >= 4 is 40.4 Å². The lowest BCUT2D eigenvalue weighted by Gasteiger charge is -2.32. The van der Waals surface area contributed by atoms with Crippen LogP contribution in [0.3, 0.4) is 0 Å². The summed E-state index contributed by atoms with van der Waals surface area (Å²) in [5, 5.41) is 4.96. The summed E-state index contributed by atoms with van der Waals surface area (Å²) >= 11 is 0. The molecule has 0 aromatic heterocycles. The Morgan fingerprint density at radius 1 is 0.906 bits per heavy atom. The minimum atomic E-state index is -1.77. The first-order valence-corrected chi connectivity index (χ1v) is 10.1. The minimum absolute atomic E-state index is 0.0422. The fourth-order valence-corrected chi connectivity index (χ4v) is 4.38. The van der Waals surface area contributed by atoms with E-state index in [4.69, 9.17) is 4.74 Å². The molecule has 0 radical (unpaired) electrons. The van der Waals surface area contributed by atoms with Gasteiger partial charge in [0.2, 0.25) is 0 Å². The number of amides is 1. The molecule has 7 nitrogen and oxygen atoms in total. The van der Waals surface area contributed by atoms with Crippen molar-refractivity contribution < 1.29 is 24.4 Å². The number of nitrogens with two attached hydrogens (primary N) is 1. The summed E-state index contributed by atoms with van der Waals surface area (Å²) < 4.78 is 5.22. The van der Waals surface area contributed by atoms with E-state index in [2.05, 4.69) is 5.32 Å². The molecule has 2 aliphatic rings. The molecule has 3 aromatic carbocycles. The third-order valence-corrected chi connectivity index (χ3v) is 5.77. The Kier molecular flexibility index (Phi) is 4.61. The molecule has 1 atom stereocenters. The first-order valence-electron chi connectivity index (χ1n) is 10.1. The number of fused-ring (bicyclic) bond motifs is 2. The van der Waals surface area contributed by atoms with Crippen LogP contribution in [0.4, 0.5) is 17.1 Å². The number of methoxy groups -OCH3 is 1. The van der Waals surface area contributed by atoms with Gasteiger partial charge < -0.3 is 10.1 Å². The monoisotopic (exact) mass is 426 g/mol. The van der Waals surface area contributed by atoms with Crippen molar-refractivity contribution in [2.75, 3.05) is 17.3 Å². The van der Waals surface area contributed by atoms with E-state index in [1.807, 2.05) is 54.6 Å². The maximum atomic E-state index is 13.5. The number of rotatable bonds is 3. The molecule has 3 N–H and O–H groups in total. The number of esters is 1. The van der Waals surface area contributed by atoms with Crippen molar-refractivity contribution in [2.45, 2.75) is 5.66 Å². The van der Waals surface area contributed by atoms with Crippen molar-refractivity contribution in [2.24, 2.45) is 0 Å². The molecule has 1 unspecified atom stereocenters. The minimum Gasteiger partial charge on any atom is -0.463 e. The van der Waals surface area contributed by atoms with Crippen LogP contribution in [0.2, 0.25) is 0 Å². The van der Waals surface area contributed by atoms with Crippen molar-refractivity contribution in [3.8, 4) is 0 Å². The predicted molar refractivity (Wildman–Crippen MR) is 119 cm³/mol. The van der Waals surface area contributed by atoms with E-state index in [0.29, 0.717) is 28.3 Å². The molecule has 3 aromatic rings. The van der Waals surface area contributed by atoms with Gasteiger partial charge in [-0.25, -0.2) is 9.69 Å². The Labute approximate surface area is 184 Å². The summed E-state index contributed by atoms with van der Waals surface area (Å²) in [6, 6.07) is 25.3. The largest absolute Gasteiger partial charge is 0.463 e. The molecule has 1 fully saturated rings. The number of nitrogens with one attached hydrogen (secondary N) is 1. The summed E-state index contributed by atoms with van der Waals surface area (Å²) in [6.45, 7) is 0. The van der Waals surface area contributed by atoms with Crippen molar-refractivity contribution in [3.63, 3.8) is 0 Å². The Balaban J connectivity index is 1.90. The average Bonchev–Trinajstić information content (AvgIpc) is 2.96. The van der Waals surface area contributed by atoms with Crippen LogP contribution >= 0.6 is 0 Å². The quantitative estimate of drug-likeness (QED) is 0.381. The molecular weight excluding hydrogens is 406 g/mol. The third-order valence-electron chi connectivity index (χ3n) is 5.77. The van der Waals surface area contributed by atoms with E-state index in [9.17, 15) is 14.4 Å². The molecule has 7 heteroatoms. The van der Waals surface area contributed by atoms with Crippen LogP contribution in [0.1, 0.15) is 5.56 Å². The molecule has 0 saturated carbocycles. The van der Waals surface area contributed by atoms with Crippen LogP contribution < -0.4 is 15.5 Å². The second-order valence-electron chi connectivity index (χ2n) is 7.54. The van der Waals surface area contributed by atoms with Gasteiger partial charge in [-0.2, -0.15) is 0 Å². The van der Waals surface area contributed by atoms with Crippen molar-refractivity contribution in [1.82, 2.24) is 0 Å². The normalized spacial score (nSPS) is 19.7. The predicted octanol–water partition coefficient (Wildman–Crippen LogP) is 2.20. The highest BCUT2D eigenvalue weighted by Crippen LogP contribution is 2.41. The Hall–Kier alpha value is -4.23. The fraction of sp³-hybridized carbons (Fsp3) is 0.0800. The number of hydrogen-bond donors (Lipinski definition) is 2. The lowest BCUT2D eigenvalue weighted by molar-refractivity contribution is -0.625. The number of carbonyl (C=O) groups excluding carboxylic acids is 3. The smallest absolute Gasteiger partial charge is 0.396 e. The molecule has 0 aliphatic carbocycles. The van der Waals surface area contributed by atoms with Gasteiger partial charge in [0.15, 0.2) is 5.69 Å². The molecule has 1 saturated heterocycles. The highest BCUT2D eigenvalue weighted by atomic mass is 16.5. The zero-order chi connectivity index (χ0) is 22.3. The number of anilines is 2. The molecule has 158 valence electrons. The van der Waals surface area contributed by atoms with Gasteiger partial charge in [0.25, 0.3) is 5.78 Å². The van der Waals surface area contributed by atoms with E-state index in [-0.39, 0.29) is 5.57 Å². The van der Waals surface area contributed by atoms with Gasteiger partial charge in [-0.15, -0.1) is 0 Å². The van der Waals surface area contributed by atoms with Gasteiger partial charge in [-0.3, -0.25) is 14.9 Å². The Morgan fingerprint density at radius 2 is 1.53 bits per heavy atom. The number of Topliss-reactive ketones (excluding diaryl/α,β-unsaturated/α-hetero) is 1. The average molecular weight is 426 g/mol. The first-order chi connectivity index (χ1) is 15.6. The molecule has 0 spiro atoms. The van der Waals surface area contributed by atoms with E-state index in [0.717, 1.165) is 0 Å². The Morgan fingerprint density at radius 3 is 2.22 bits per heavy atom. The van der Waals surface area contributed by atoms with E-state index < -0.39 is 23.3 Å². The zero-order valence-corrected chi connectivity index (χ0v) is 17.2. The second kappa shape index (κ2) is 7.47. The van der Waals surface area contributed by atoms with Crippen LogP contribution in [-0.2, 0) is 19.1 Å². The number of carbonyl (C=O) groups is 3. The molecule has 2 aliphatic heterocycles. The van der Waals surface area contributed by atoms with Crippen LogP contribution in [0.15, 0.2) is 90.5 Å². The van der Waals surface area contributed by atoms with Crippen LogP contribution in [0.25, 0.3) is 5.70 Å². The Bertz CT molecular complexity index is 1270. The van der Waals surface area contributed by atoms with Gasteiger partial charge in [0.05, 0.1) is 18.5 Å². The number of ether oxygens (including phenoxy) is 1. The zero-order valence-electron chi connectivity index (χ0n) is 17.2. The summed E-state index contributed by atoms with van der Waals surface area (Å²) in [7, 11) is 1.26. The third kappa shape index (κ3) is 2.75.